The second-order valence-corrected chi connectivity index (χ2v) is 3.19. The standard InChI is InChI=1S/C10H13ClO2/c1-8(12-2)7-13-10-6-4-3-5-9(10)11/h3-6,8H,7H2,1-2H3. The van der Waals surface area contributed by atoms with Gasteiger partial charge in [0.25, 0.3) is 0 Å². The Balaban J connectivity index is 2.50. The van der Waals surface area contributed by atoms with E-state index in [1.54, 1.807) is 13.2 Å². The molecule has 0 bridgehead atoms. The van der Waals surface area contributed by atoms with Gasteiger partial charge in [0.2, 0.25) is 0 Å². The Labute approximate surface area is 83.4 Å². The molecular formula is C10H13ClO2. The van der Waals surface area contributed by atoms with E-state index in [0.717, 1.165) is 0 Å². The van der Waals surface area contributed by atoms with E-state index in [0.29, 0.717) is 17.4 Å². The fraction of sp³-hybridized carbons (Fsp3) is 0.400. The van der Waals surface area contributed by atoms with Crippen molar-refractivity contribution in [3.63, 3.8) is 0 Å². The number of hydrogen-bond acceptors (Lipinski definition) is 2. The summed E-state index contributed by atoms with van der Waals surface area (Å²) in [6.45, 7) is 2.46. The van der Waals surface area contributed by atoms with E-state index in [1.807, 2.05) is 25.1 Å². The largest absolute Gasteiger partial charge is 0.489 e. The lowest BCUT2D eigenvalue weighted by Gasteiger charge is -2.11. The summed E-state index contributed by atoms with van der Waals surface area (Å²) in [5.74, 6) is 0.702. The van der Waals surface area contributed by atoms with Gasteiger partial charge < -0.3 is 9.47 Å². The molecule has 0 spiro atoms. The van der Waals surface area contributed by atoms with Crippen LogP contribution in [0.3, 0.4) is 0 Å². The molecule has 0 aliphatic carbocycles. The maximum atomic E-state index is 5.89. The van der Waals surface area contributed by atoms with Gasteiger partial charge in [-0.15, -0.1) is 0 Å². The van der Waals surface area contributed by atoms with Crippen LogP contribution in [-0.2, 0) is 4.74 Å². The molecule has 0 saturated heterocycles. The third-order valence-corrected chi connectivity index (χ3v) is 2.02. The second kappa shape index (κ2) is 5.10. The van der Waals surface area contributed by atoms with Crippen LogP contribution in [-0.4, -0.2) is 19.8 Å². The molecule has 0 amide bonds. The molecule has 0 aromatic heterocycles. The minimum absolute atomic E-state index is 0.0799. The number of halogens is 1. The third kappa shape index (κ3) is 3.25. The minimum Gasteiger partial charge on any atom is -0.489 e. The molecule has 0 saturated carbocycles. The predicted molar refractivity (Wildman–Crippen MR) is 53.4 cm³/mol. The molecule has 1 aromatic rings. The molecule has 0 fully saturated rings. The Morgan fingerprint density at radius 1 is 1.38 bits per heavy atom. The molecule has 0 heterocycles. The van der Waals surface area contributed by atoms with E-state index >= 15 is 0 Å². The third-order valence-electron chi connectivity index (χ3n) is 1.71. The van der Waals surface area contributed by atoms with Gasteiger partial charge in [0, 0.05) is 7.11 Å². The number of para-hydroxylation sites is 1. The maximum Gasteiger partial charge on any atom is 0.138 e. The normalized spacial score (nSPS) is 12.5. The van der Waals surface area contributed by atoms with Crippen molar-refractivity contribution in [2.75, 3.05) is 13.7 Å². The topological polar surface area (TPSA) is 18.5 Å². The molecule has 1 rings (SSSR count). The van der Waals surface area contributed by atoms with E-state index in [-0.39, 0.29) is 6.10 Å². The van der Waals surface area contributed by atoms with Gasteiger partial charge in [-0.25, -0.2) is 0 Å². The fourth-order valence-electron chi connectivity index (χ4n) is 0.837. The summed E-state index contributed by atoms with van der Waals surface area (Å²) in [7, 11) is 1.65. The van der Waals surface area contributed by atoms with Crippen LogP contribution in [0, 0.1) is 0 Å². The highest BCUT2D eigenvalue weighted by Gasteiger charge is 2.03. The van der Waals surface area contributed by atoms with E-state index in [9.17, 15) is 0 Å². The molecular weight excluding hydrogens is 188 g/mol. The number of benzene rings is 1. The van der Waals surface area contributed by atoms with E-state index in [2.05, 4.69) is 0 Å². The Hall–Kier alpha value is -0.730. The zero-order valence-corrected chi connectivity index (χ0v) is 8.54. The van der Waals surface area contributed by atoms with Gasteiger partial charge in [0.1, 0.15) is 12.4 Å². The lowest BCUT2D eigenvalue weighted by atomic mass is 10.3. The SMILES string of the molecule is COC(C)COc1ccccc1Cl. The van der Waals surface area contributed by atoms with Crippen molar-refractivity contribution in [3.05, 3.63) is 29.3 Å². The quantitative estimate of drug-likeness (QED) is 0.744. The van der Waals surface area contributed by atoms with Crippen molar-refractivity contribution in [1.29, 1.82) is 0 Å². The van der Waals surface area contributed by atoms with Crippen molar-refractivity contribution in [2.24, 2.45) is 0 Å². The number of methoxy groups -OCH3 is 1. The van der Waals surface area contributed by atoms with Gasteiger partial charge in [-0.3, -0.25) is 0 Å². The van der Waals surface area contributed by atoms with Gasteiger partial charge in [-0.2, -0.15) is 0 Å². The maximum absolute atomic E-state index is 5.89. The zero-order valence-electron chi connectivity index (χ0n) is 7.79. The lowest BCUT2D eigenvalue weighted by Crippen LogP contribution is -2.15. The van der Waals surface area contributed by atoms with Crippen LogP contribution < -0.4 is 4.74 Å². The summed E-state index contributed by atoms with van der Waals surface area (Å²) in [5, 5.41) is 0.630. The molecule has 0 N–H and O–H groups in total. The van der Waals surface area contributed by atoms with Crippen molar-refractivity contribution >= 4 is 11.6 Å². The van der Waals surface area contributed by atoms with Gasteiger partial charge >= 0.3 is 0 Å². The molecule has 0 aliphatic rings. The number of hydrogen-bond donors (Lipinski definition) is 0. The van der Waals surface area contributed by atoms with Crippen LogP contribution in [0.5, 0.6) is 5.75 Å². The fourth-order valence-corrected chi connectivity index (χ4v) is 1.03. The molecule has 1 aromatic carbocycles. The van der Waals surface area contributed by atoms with Crippen molar-refractivity contribution in [2.45, 2.75) is 13.0 Å². The number of ether oxygens (including phenoxy) is 2. The average molecular weight is 201 g/mol. The molecule has 0 aliphatic heterocycles. The van der Waals surface area contributed by atoms with Crippen LogP contribution in [0.15, 0.2) is 24.3 Å². The van der Waals surface area contributed by atoms with Crippen LogP contribution in [0.1, 0.15) is 6.92 Å². The number of rotatable bonds is 4. The summed E-state index contributed by atoms with van der Waals surface area (Å²) in [6, 6.07) is 7.40. The first kappa shape index (κ1) is 10.4. The molecule has 13 heavy (non-hydrogen) atoms. The Morgan fingerprint density at radius 3 is 2.69 bits per heavy atom. The van der Waals surface area contributed by atoms with Crippen LogP contribution in [0.4, 0.5) is 0 Å². The van der Waals surface area contributed by atoms with Gasteiger partial charge in [-0.1, -0.05) is 23.7 Å². The predicted octanol–water partition coefficient (Wildman–Crippen LogP) is 2.75. The summed E-state index contributed by atoms with van der Waals surface area (Å²) < 4.78 is 10.5. The van der Waals surface area contributed by atoms with E-state index in [4.69, 9.17) is 21.1 Å². The highest BCUT2D eigenvalue weighted by molar-refractivity contribution is 6.32. The zero-order chi connectivity index (χ0) is 9.68. The van der Waals surface area contributed by atoms with Crippen molar-refractivity contribution in [1.82, 2.24) is 0 Å². The highest BCUT2D eigenvalue weighted by Crippen LogP contribution is 2.23. The van der Waals surface area contributed by atoms with Gasteiger partial charge in [0.15, 0.2) is 0 Å². The second-order valence-electron chi connectivity index (χ2n) is 2.79. The van der Waals surface area contributed by atoms with Gasteiger partial charge in [0.05, 0.1) is 11.1 Å². The molecule has 3 heteroatoms. The Kier molecular flexibility index (Phi) is 4.06. The first-order chi connectivity index (χ1) is 6.24. The molecule has 1 unspecified atom stereocenters. The molecule has 72 valence electrons. The average Bonchev–Trinajstić information content (AvgIpc) is 2.16. The summed E-state index contributed by atoms with van der Waals surface area (Å²) in [4.78, 5) is 0. The molecule has 0 radical (unpaired) electrons. The smallest absolute Gasteiger partial charge is 0.138 e. The van der Waals surface area contributed by atoms with Crippen LogP contribution in [0.25, 0.3) is 0 Å². The van der Waals surface area contributed by atoms with Crippen LogP contribution in [0.2, 0.25) is 5.02 Å². The monoisotopic (exact) mass is 200 g/mol. The van der Waals surface area contributed by atoms with Crippen molar-refractivity contribution in [3.8, 4) is 5.75 Å². The molecule has 1 atom stereocenters. The van der Waals surface area contributed by atoms with Gasteiger partial charge in [-0.05, 0) is 19.1 Å². The van der Waals surface area contributed by atoms with E-state index in [1.165, 1.54) is 0 Å². The Morgan fingerprint density at radius 2 is 2.08 bits per heavy atom. The van der Waals surface area contributed by atoms with Crippen LogP contribution >= 0.6 is 11.6 Å². The highest BCUT2D eigenvalue weighted by atomic mass is 35.5. The van der Waals surface area contributed by atoms with Crippen molar-refractivity contribution < 1.29 is 9.47 Å². The minimum atomic E-state index is 0.0799. The summed E-state index contributed by atoms with van der Waals surface area (Å²) in [6.07, 6.45) is 0.0799. The summed E-state index contributed by atoms with van der Waals surface area (Å²) in [5.41, 5.74) is 0. The molecule has 2 nitrogen and oxygen atoms in total. The first-order valence-electron chi connectivity index (χ1n) is 4.14. The Bertz CT molecular complexity index is 263. The lowest BCUT2D eigenvalue weighted by molar-refractivity contribution is 0.0717. The van der Waals surface area contributed by atoms with E-state index < -0.39 is 0 Å². The summed E-state index contributed by atoms with van der Waals surface area (Å²) >= 11 is 5.89. The first-order valence-corrected chi connectivity index (χ1v) is 4.52.